The summed E-state index contributed by atoms with van der Waals surface area (Å²) in [5.74, 6) is -1.22. The molecule has 134 valence electrons. The van der Waals surface area contributed by atoms with Gasteiger partial charge in [0.15, 0.2) is 0 Å². The van der Waals surface area contributed by atoms with Crippen molar-refractivity contribution < 1.29 is 23.1 Å². The quantitative estimate of drug-likeness (QED) is 0.614. The predicted molar refractivity (Wildman–Crippen MR) is 90.0 cm³/mol. The third-order valence-corrected chi connectivity index (χ3v) is 4.91. The largest absolute Gasteiger partial charge is 0.480 e. The van der Waals surface area contributed by atoms with Crippen LogP contribution in [0.25, 0.3) is 0 Å². The van der Waals surface area contributed by atoms with Gasteiger partial charge in [0.1, 0.15) is 6.04 Å². The second kappa shape index (κ2) is 8.79. The van der Waals surface area contributed by atoms with Crippen molar-refractivity contribution in [3.8, 4) is 0 Å². The first kappa shape index (κ1) is 20.1. The topological polar surface area (TPSA) is 113 Å². The molecule has 0 aliphatic rings. The lowest BCUT2D eigenvalue weighted by Crippen LogP contribution is -2.41. The van der Waals surface area contributed by atoms with Crippen LogP contribution in [0.15, 0.2) is 29.2 Å². The van der Waals surface area contributed by atoms with E-state index in [-0.39, 0.29) is 23.1 Å². The van der Waals surface area contributed by atoms with Crippen LogP contribution in [0.5, 0.6) is 0 Å². The van der Waals surface area contributed by atoms with Gasteiger partial charge in [0, 0.05) is 6.42 Å². The van der Waals surface area contributed by atoms with Crippen molar-refractivity contribution in [3.63, 3.8) is 0 Å². The highest BCUT2D eigenvalue weighted by Gasteiger charge is 2.20. The minimum Gasteiger partial charge on any atom is -0.480 e. The van der Waals surface area contributed by atoms with E-state index in [0.29, 0.717) is 12.8 Å². The molecule has 1 atom stereocenters. The van der Waals surface area contributed by atoms with Crippen molar-refractivity contribution in [2.24, 2.45) is 5.92 Å². The molecule has 3 N–H and O–H groups in total. The van der Waals surface area contributed by atoms with Crippen LogP contribution >= 0.6 is 0 Å². The molecular formula is C16H24N2O5S. The maximum atomic E-state index is 11.9. The number of carbonyl (C=O) groups excluding carboxylic acids is 1. The number of carboxylic acid groups (broad SMARTS) is 1. The number of carboxylic acids is 1. The van der Waals surface area contributed by atoms with Gasteiger partial charge in [-0.1, -0.05) is 26.0 Å². The van der Waals surface area contributed by atoms with Gasteiger partial charge in [-0.3, -0.25) is 4.79 Å². The number of sulfonamides is 1. The summed E-state index contributed by atoms with van der Waals surface area (Å²) in [5.41, 5.74) is 0.802. The molecule has 1 aromatic rings. The van der Waals surface area contributed by atoms with Gasteiger partial charge in [0.2, 0.25) is 15.9 Å². The zero-order chi connectivity index (χ0) is 18.3. The van der Waals surface area contributed by atoms with Crippen LogP contribution in [0.3, 0.4) is 0 Å². The molecule has 24 heavy (non-hydrogen) atoms. The Hall–Kier alpha value is -1.93. The van der Waals surface area contributed by atoms with Gasteiger partial charge in [0.05, 0.1) is 4.90 Å². The van der Waals surface area contributed by atoms with Crippen molar-refractivity contribution in [1.29, 1.82) is 0 Å². The number of benzene rings is 1. The molecule has 0 heterocycles. The molecule has 1 amide bonds. The van der Waals surface area contributed by atoms with E-state index in [9.17, 15) is 18.0 Å². The lowest BCUT2D eigenvalue weighted by atomic mass is 10.0. The van der Waals surface area contributed by atoms with E-state index >= 15 is 0 Å². The second-order valence-corrected chi connectivity index (χ2v) is 7.83. The summed E-state index contributed by atoms with van der Waals surface area (Å²) in [4.78, 5) is 23.2. The Morgan fingerprint density at radius 1 is 1.17 bits per heavy atom. The highest BCUT2D eigenvalue weighted by Crippen LogP contribution is 2.12. The van der Waals surface area contributed by atoms with Crippen LogP contribution in [0, 0.1) is 5.92 Å². The van der Waals surface area contributed by atoms with Crippen molar-refractivity contribution in [2.75, 3.05) is 7.05 Å². The number of aryl methyl sites for hydroxylation is 1. The first-order valence-electron chi connectivity index (χ1n) is 7.70. The first-order chi connectivity index (χ1) is 11.2. The molecule has 1 aromatic carbocycles. The van der Waals surface area contributed by atoms with Gasteiger partial charge in [-0.05, 0) is 43.5 Å². The number of rotatable bonds is 9. The summed E-state index contributed by atoms with van der Waals surface area (Å²) >= 11 is 0. The van der Waals surface area contributed by atoms with Crippen molar-refractivity contribution >= 4 is 21.9 Å². The van der Waals surface area contributed by atoms with Gasteiger partial charge in [-0.15, -0.1) is 0 Å². The monoisotopic (exact) mass is 356 g/mol. The molecule has 0 fully saturated rings. The molecule has 8 heteroatoms. The maximum absolute atomic E-state index is 11.9. The fourth-order valence-corrected chi connectivity index (χ4v) is 2.90. The molecule has 0 unspecified atom stereocenters. The number of hydrogen-bond acceptors (Lipinski definition) is 4. The van der Waals surface area contributed by atoms with Crippen molar-refractivity contribution in [3.05, 3.63) is 29.8 Å². The SMILES string of the molecule is CNS(=O)(=O)c1ccc(CCC(=O)N[C@@H](CC(C)C)C(=O)O)cc1. The smallest absolute Gasteiger partial charge is 0.326 e. The summed E-state index contributed by atoms with van der Waals surface area (Å²) in [6.45, 7) is 3.78. The summed E-state index contributed by atoms with van der Waals surface area (Å²) < 4.78 is 25.5. The van der Waals surface area contributed by atoms with Crippen LogP contribution in [0.4, 0.5) is 0 Å². The molecule has 0 spiro atoms. The van der Waals surface area contributed by atoms with E-state index in [1.165, 1.54) is 19.2 Å². The zero-order valence-electron chi connectivity index (χ0n) is 14.1. The molecule has 0 saturated heterocycles. The minimum absolute atomic E-state index is 0.139. The third kappa shape index (κ3) is 6.29. The van der Waals surface area contributed by atoms with Gasteiger partial charge in [0.25, 0.3) is 0 Å². The molecular weight excluding hydrogens is 332 g/mol. The number of amides is 1. The fourth-order valence-electron chi connectivity index (χ4n) is 2.17. The average Bonchev–Trinajstić information content (AvgIpc) is 2.52. The Morgan fingerprint density at radius 2 is 1.75 bits per heavy atom. The fraction of sp³-hybridized carbons (Fsp3) is 0.500. The molecule has 0 aliphatic carbocycles. The van der Waals surface area contributed by atoms with Crippen LogP contribution in [0.1, 0.15) is 32.3 Å². The Bertz CT molecular complexity index is 668. The Kier molecular flexibility index (Phi) is 7.37. The maximum Gasteiger partial charge on any atom is 0.326 e. The third-order valence-electron chi connectivity index (χ3n) is 3.48. The standard InChI is InChI=1S/C16H24N2O5S/c1-11(2)10-14(16(20)21)18-15(19)9-6-12-4-7-13(8-5-12)24(22,23)17-3/h4-5,7-8,11,14,17H,6,9-10H2,1-3H3,(H,18,19)(H,20,21)/t14-/m0/s1. The normalized spacial score (nSPS) is 12.8. The number of hydrogen-bond donors (Lipinski definition) is 3. The second-order valence-electron chi connectivity index (χ2n) is 5.94. The predicted octanol–water partition coefficient (Wildman–Crippen LogP) is 1.14. The van der Waals surface area contributed by atoms with E-state index in [4.69, 9.17) is 5.11 Å². The first-order valence-corrected chi connectivity index (χ1v) is 9.18. The average molecular weight is 356 g/mol. The van der Waals surface area contributed by atoms with E-state index in [0.717, 1.165) is 5.56 Å². The molecule has 0 radical (unpaired) electrons. The summed E-state index contributed by atoms with van der Waals surface area (Å²) in [7, 11) is -2.14. The summed E-state index contributed by atoms with van der Waals surface area (Å²) in [6, 6.07) is 5.33. The van der Waals surface area contributed by atoms with E-state index in [1.54, 1.807) is 12.1 Å². The van der Waals surface area contributed by atoms with E-state index < -0.39 is 22.0 Å². The highest BCUT2D eigenvalue weighted by atomic mass is 32.2. The van der Waals surface area contributed by atoms with Crippen LogP contribution in [-0.4, -0.2) is 38.5 Å². The zero-order valence-corrected chi connectivity index (χ0v) is 14.9. The van der Waals surface area contributed by atoms with E-state index in [2.05, 4.69) is 10.0 Å². The van der Waals surface area contributed by atoms with Crippen LogP contribution < -0.4 is 10.0 Å². The van der Waals surface area contributed by atoms with Crippen LogP contribution in [-0.2, 0) is 26.0 Å². The van der Waals surface area contributed by atoms with Gasteiger partial charge in [-0.2, -0.15) is 0 Å². The lowest BCUT2D eigenvalue weighted by Gasteiger charge is -2.16. The molecule has 1 rings (SSSR count). The van der Waals surface area contributed by atoms with Crippen molar-refractivity contribution in [2.45, 2.75) is 44.0 Å². The number of carbonyl (C=O) groups is 2. The van der Waals surface area contributed by atoms with Crippen molar-refractivity contribution in [1.82, 2.24) is 10.0 Å². The summed E-state index contributed by atoms with van der Waals surface area (Å²) in [6.07, 6.45) is 0.914. The Balaban J connectivity index is 2.59. The summed E-state index contributed by atoms with van der Waals surface area (Å²) in [5, 5.41) is 11.6. The molecule has 7 nitrogen and oxygen atoms in total. The lowest BCUT2D eigenvalue weighted by molar-refractivity contribution is -0.142. The van der Waals surface area contributed by atoms with Gasteiger partial charge >= 0.3 is 5.97 Å². The minimum atomic E-state index is -3.48. The van der Waals surface area contributed by atoms with E-state index in [1.807, 2.05) is 13.8 Å². The molecule has 0 aliphatic heterocycles. The number of nitrogens with one attached hydrogen (secondary N) is 2. The van der Waals surface area contributed by atoms with Gasteiger partial charge < -0.3 is 10.4 Å². The molecule has 0 bridgehead atoms. The molecule has 0 saturated carbocycles. The Labute approximate surface area is 142 Å². The molecule has 0 aromatic heterocycles. The van der Waals surface area contributed by atoms with Crippen LogP contribution in [0.2, 0.25) is 0 Å². The van der Waals surface area contributed by atoms with Gasteiger partial charge in [-0.25, -0.2) is 17.9 Å². The highest BCUT2D eigenvalue weighted by molar-refractivity contribution is 7.89. The Morgan fingerprint density at radius 3 is 2.21 bits per heavy atom. The number of aliphatic carboxylic acids is 1.